The summed E-state index contributed by atoms with van der Waals surface area (Å²) in [6.07, 6.45) is 3.00. The molecule has 4 nitrogen and oxygen atoms in total. The van der Waals surface area contributed by atoms with Crippen LogP contribution >= 0.6 is 11.6 Å². The third-order valence-electron chi connectivity index (χ3n) is 4.59. The Hall–Kier alpha value is -2.59. The van der Waals surface area contributed by atoms with Gasteiger partial charge in [-0.1, -0.05) is 48.0 Å². The SMILES string of the molecule is Cc1ccc(Cl)c(NC(=O)[C@H](C)OC(=O)CCC2=CCc3ccccc32)c1. The number of hydrogen-bond donors (Lipinski definition) is 1. The molecular weight excluding hydrogens is 362 g/mol. The number of benzene rings is 2. The molecule has 0 aliphatic heterocycles. The third kappa shape index (κ3) is 4.77. The van der Waals surface area contributed by atoms with Gasteiger partial charge in [0.15, 0.2) is 6.10 Å². The second-order valence-electron chi connectivity index (χ2n) is 6.70. The van der Waals surface area contributed by atoms with Crippen LogP contribution in [-0.4, -0.2) is 18.0 Å². The molecule has 0 fully saturated rings. The zero-order valence-electron chi connectivity index (χ0n) is 15.4. The molecule has 0 saturated carbocycles. The van der Waals surface area contributed by atoms with Gasteiger partial charge in [-0.2, -0.15) is 0 Å². The fraction of sp³-hybridized carbons (Fsp3) is 0.273. The van der Waals surface area contributed by atoms with Crippen molar-refractivity contribution in [2.75, 3.05) is 5.32 Å². The summed E-state index contributed by atoms with van der Waals surface area (Å²) in [7, 11) is 0. The van der Waals surface area contributed by atoms with Gasteiger partial charge in [0, 0.05) is 6.42 Å². The van der Waals surface area contributed by atoms with Gasteiger partial charge in [-0.05, 0) is 61.1 Å². The maximum Gasteiger partial charge on any atom is 0.306 e. The molecule has 0 bridgehead atoms. The van der Waals surface area contributed by atoms with Crippen LogP contribution in [0.2, 0.25) is 5.02 Å². The van der Waals surface area contributed by atoms with Crippen LogP contribution in [0.25, 0.3) is 5.57 Å². The zero-order valence-corrected chi connectivity index (χ0v) is 16.2. The predicted molar refractivity (Wildman–Crippen MR) is 108 cm³/mol. The number of allylic oxidation sites excluding steroid dienone is 2. The van der Waals surface area contributed by atoms with Gasteiger partial charge in [0.25, 0.3) is 5.91 Å². The van der Waals surface area contributed by atoms with E-state index in [2.05, 4.69) is 23.5 Å². The second kappa shape index (κ2) is 8.40. The zero-order chi connectivity index (χ0) is 19.4. The Morgan fingerprint density at radius 1 is 1.22 bits per heavy atom. The molecule has 0 saturated heterocycles. The fourth-order valence-electron chi connectivity index (χ4n) is 3.11. The van der Waals surface area contributed by atoms with Crippen LogP contribution in [0.3, 0.4) is 0 Å². The largest absolute Gasteiger partial charge is 0.453 e. The molecule has 0 radical (unpaired) electrons. The molecule has 0 heterocycles. The number of carbonyl (C=O) groups is 2. The standard InChI is InChI=1S/C22H22ClNO3/c1-14-7-11-19(23)20(13-14)24-22(26)15(2)27-21(25)12-10-17-9-8-16-5-3-4-6-18(16)17/h3-7,9,11,13,15H,8,10,12H2,1-2H3,(H,24,26)/t15-/m0/s1. The number of nitrogens with one attached hydrogen (secondary N) is 1. The van der Waals surface area contributed by atoms with Gasteiger partial charge < -0.3 is 10.1 Å². The molecule has 27 heavy (non-hydrogen) atoms. The number of esters is 1. The minimum absolute atomic E-state index is 0.239. The number of ether oxygens (including phenoxy) is 1. The van der Waals surface area contributed by atoms with Crippen molar-refractivity contribution in [2.24, 2.45) is 0 Å². The van der Waals surface area contributed by atoms with Gasteiger partial charge in [0.1, 0.15) is 0 Å². The summed E-state index contributed by atoms with van der Waals surface area (Å²) < 4.78 is 5.28. The normalized spacial score (nSPS) is 13.5. The lowest BCUT2D eigenvalue weighted by atomic mass is 10.0. The van der Waals surface area contributed by atoms with Crippen LogP contribution in [0.5, 0.6) is 0 Å². The summed E-state index contributed by atoms with van der Waals surface area (Å²) >= 11 is 6.09. The Kier molecular flexibility index (Phi) is 5.97. The highest BCUT2D eigenvalue weighted by molar-refractivity contribution is 6.33. The molecule has 3 rings (SSSR count). The van der Waals surface area contributed by atoms with Crippen LogP contribution in [0.4, 0.5) is 5.69 Å². The van der Waals surface area contributed by atoms with Crippen LogP contribution < -0.4 is 5.32 Å². The Morgan fingerprint density at radius 3 is 2.81 bits per heavy atom. The molecule has 0 unspecified atom stereocenters. The molecule has 5 heteroatoms. The molecule has 1 N–H and O–H groups in total. The van der Waals surface area contributed by atoms with Crippen molar-refractivity contribution in [2.45, 2.75) is 39.2 Å². The number of amides is 1. The third-order valence-corrected chi connectivity index (χ3v) is 4.92. The quantitative estimate of drug-likeness (QED) is 0.719. The van der Waals surface area contributed by atoms with E-state index in [1.54, 1.807) is 19.1 Å². The van der Waals surface area contributed by atoms with Crippen molar-refractivity contribution >= 4 is 34.7 Å². The summed E-state index contributed by atoms with van der Waals surface area (Å²) in [6, 6.07) is 13.5. The predicted octanol–water partition coefficient (Wildman–Crippen LogP) is 4.94. The molecule has 2 aromatic carbocycles. The van der Waals surface area contributed by atoms with Gasteiger partial charge in [-0.15, -0.1) is 0 Å². The van der Waals surface area contributed by atoms with Crippen molar-refractivity contribution in [1.29, 1.82) is 0 Å². The summed E-state index contributed by atoms with van der Waals surface area (Å²) in [5, 5.41) is 3.15. The lowest BCUT2D eigenvalue weighted by molar-refractivity contribution is -0.153. The van der Waals surface area contributed by atoms with E-state index in [-0.39, 0.29) is 6.42 Å². The number of carbonyl (C=O) groups excluding carboxylic acids is 2. The molecule has 140 valence electrons. The summed E-state index contributed by atoms with van der Waals surface area (Å²) in [5.74, 6) is -0.792. The van der Waals surface area contributed by atoms with Crippen molar-refractivity contribution < 1.29 is 14.3 Å². The molecule has 1 aliphatic carbocycles. The highest BCUT2D eigenvalue weighted by atomic mass is 35.5. The number of aryl methyl sites for hydroxylation is 1. The first kappa shape index (κ1) is 19.2. The fourth-order valence-corrected chi connectivity index (χ4v) is 3.27. The van der Waals surface area contributed by atoms with E-state index < -0.39 is 18.0 Å². The smallest absolute Gasteiger partial charge is 0.306 e. The minimum atomic E-state index is -0.890. The van der Waals surface area contributed by atoms with Crippen molar-refractivity contribution in [3.63, 3.8) is 0 Å². The van der Waals surface area contributed by atoms with E-state index in [0.29, 0.717) is 17.1 Å². The molecule has 1 amide bonds. The van der Waals surface area contributed by atoms with Crippen LogP contribution in [0, 0.1) is 6.92 Å². The topological polar surface area (TPSA) is 55.4 Å². The summed E-state index contributed by atoms with van der Waals surface area (Å²) in [4.78, 5) is 24.4. The van der Waals surface area contributed by atoms with E-state index >= 15 is 0 Å². The van der Waals surface area contributed by atoms with Crippen LogP contribution in [0.1, 0.15) is 36.5 Å². The summed E-state index contributed by atoms with van der Waals surface area (Å²) in [6.45, 7) is 3.46. The molecule has 0 spiro atoms. The average Bonchev–Trinajstić information content (AvgIpc) is 3.06. The Morgan fingerprint density at radius 2 is 2.00 bits per heavy atom. The maximum atomic E-state index is 12.3. The lowest BCUT2D eigenvalue weighted by Crippen LogP contribution is -2.30. The minimum Gasteiger partial charge on any atom is -0.453 e. The van der Waals surface area contributed by atoms with Crippen LogP contribution in [-0.2, 0) is 20.7 Å². The molecular formula is C22H22ClNO3. The molecule has 0 aromatic heterocycles. The Labute approximate surface area is 164 Å². The summed E-state index contributed by atoms with van der Waals surface area (Å²) in [5.41, 5.74) is 5.13. The average molecular weight is 384 g/mol. The van der Waals surface area contributed by atoms with Gasteiger partial charge in [0.05, 0.1) is 10.7 Å². The van der Waals surface area contributed by atoms with E-state index in [9.17, 15) is 9.59 Å². The number of halogens is 1. The first-order chi connectivity index (χ1) is 12.9. The van der Waals surface area contributed by atoms with Gasteiger partial charge in [-0.3, -0.25) is 9.59 Å². The molecule has 1 aliphatic rings. The van der Waals surface area contributed by atoms with E-state index in [0.717, 1.165) is 17.6 Å². The first-order valence-electron chi connectivity index (χ1n) is 8.98. The van der Waals surface area contributed by atoms with Crippen molar-refractivity contribution in [3.8, 4) is 0 Å². The van der Waals surface area contributed by atoms with E-state index in [1.807, 2.05) is 25.1 Å². The number of hydrogen-bond acceptors (Lipinski definition) is 3. The van der Waals surface area contributed by atoms with Gasteiger partial charge >= 0.3 is 5.97 Å². The van der Waals surface area contributed by atoms with Crippen molar-refractivity contribution in [1.82, 2.24) is 0 Å². The van der Waals surface area contributed by atoms with Crippen molar-refractivity contribution in [3.05, 3.63) is 70.3 Å². The number of anilines is 1. The van der Waals surface area contributed by atoms with E-state index in [1.165, 1.54) is 11.1 Å². The van der Waals surface area contributed by atoms with E-state index in [4.69, 9.17) is 16.3 Å². The highest BCUT2D eigenvalue weighted by Crippen LogP contribution is 2.30. The molecule has 2 aromatic rings. The monoisotopic (exact) mass is 383 g/mol. The lowest BCUT2D eigenvalue weighted by Gasteiger charge is -2.15. The van der Waals surface area contributed by atoms with Crippen LogP contribution in [0.15, 0.2) is 48.5 Å². The number of rotatable bonds is 6. The van der Waals surface area contributed by atoms with Gasteiger partial charge in [0.2, 0.25) is 0 Å². The Balaban J connectivity index is 1.50. The van der Waals surface area contributed by atoms with Gasteiger partial charge in [-0.25, -0.2) is 0 Å². The Bertz CT molecular complexity index is 904. The second-order valence-corrected chi connectivity index (χ2v) is 7.10. The number of fused-ring (bicyclic) bond motifs is 1. The molecule has 1 atom stereocenters. The first-order valence-corrected chi connectivity index (χ1v) is 9.35. The highest BCUT2D eigenvalue weighted by Gasteiger charge is 2.20. The maximum absolute atomic E-state index is 12.3.